The number of amides is 1. The lowest BCUT2D eigenvalue weighted by atomic mass is 10.1. The van der Waals surface area contributed by atoms with Gasteiger partial charge in [-0.3, -0.25) is 4.79 Å². The molecule has 35 heavy (non-hydrogen) atoms. The number of carbonyl (C=O) groups excluding carboxylic acids is 1. The molecular formula is C26H29N3O5S. The van der Waals surface area contributed by atoms with Gasteiger partial charge in [0, 0.05) is 6.54 Å². The van der Waals surface area contributed by atoms with Crippen LogP contribution in [-0.4, -0.2) is 43.6 Å². The van der Waals surface area contributed by atoms with E-state index in [2.05, 4.69) is 10.5 Å². The number of aromatic hydroxyl groups is 1. The number of hydrogen-bond acceptors (Lipinski definition) is 6. The van der Waals surface area contributed by atoms with Crippen molar-refractivity contribution in [2.45, 2.75) is 32.2 Å². The van der Waals surface area contributed by atoms with E-state index in [4.69, 9.17) is 4.74 Å². The summed E-state index contributed by atoms with van der Waals surface area (Å²) in [5, 5.41) is 13.6. The van der Waals surface area contributed by atoms with Crippen LogP contribution in [0.2, 0.25) is 0 Å². The zero-order valence-electron chi connectivity index (χ0n) is 20.1. The van der Waals surface area contributed by atoms with Gasteiger partial charge in [0.05, 0.1) is 24.8 Å². The number of hydrazone groups is 1. The molecule has 0 aromatic heterocycles. The summed E-state index contributed by atoms with van der Waals surface area (Å²) in [4.78, 5) is 12.9. The largest absolute Gasteiger partial charge is 0.504 e. The van der Waals surface area contributed by atoms with Gasteiger partial charge in [0.2, 0.25) is 10.0 Å². The number of benzene rings is 3. The Morgan fingerprint density at radius 2 is 1.71 bits per heavy atom. The third kappa shape index (κ3) is 6.46. The van der Waals surface area contributed by atoms with E-state index in [0.29, 0.717) is 16.7 Å². The lowest BCUT2D eigenvalue weighted by Gasteiger charge is -2.24. The maximum atomic E-state index is 13.7. The first kappa shape index (κ1) is 25.9. The minimum absolute atomic E-state index is 0.0165. The van der Waals surface area contributed by atoms with Crippen molar-refractivity contribution in [1.29, 1.82) is 0 Å². The van der Waals surface area contributed by atoms with Gasteiger partial charge in [-0.2, -0.15) is 9.41 Å². The Labute approximate surface area is 205 Å². The summed E-state index contributed by atoms with van der Waals surface area (Å²) >= 11 is 0. The van der Waals surface area contributed by atoms with Crippen LogP contribution < -0.4 is 10.2 Å². The average molecular weight is 496 g/mol. The molecule has 0 heterocycles. The summed E-state index contributed by atoms with van der Waals surface area (Å²) in [6.07, 6.45) is 1.38. The highest BCUT2D eigenvalue weighted by atomic mass is 32.2. The predicted molar refractivity (Wildman–Crippen MR) is 135 cm³/mol. The third-order valence-electron chi connectivity index (χ3n) is 5.33. The number of phenolic OH excluding ortho intramolecular Hbond substituents is 1. The van der Waals surface area contributed by atoms with Crippen LogP contribution in [-0.2, 0) is 21.4 Å². The molecule has 3 rings (SSSR count). The van der Waals surface area contributed by atoms with Crippen molar-refractivity contribution in [3.05, 3.63) is 88.5 Å². The molecule has 1 amide bonds. The van der Waals surface area contributed by atoms with Crippen molar-refractivity contribution in [3.63, 3.8) is 0 Å². The van der Waals surface area contributed by atoms with Gasteiger partial charge in [-0.25, -0.2) is 13.8 Å². The highest BCUT2D eigenvalue weighted by Gasteiger charge is 2.30. The summed E-state index contributed by atoms with van der Waals surface area (Å²) in [7, 11) is -2.56. The number of nitrogens with one attached hydrogen (secondary N) is 1. The van der Waals surface area contributed by atoms with Crippen molar-refractivity contribution in [3.8, 4) is 11.5 Å². The van der Waals surface area contributed by atoms with E-state index in [1.165, 1.54) is 19.4 Å². The monoisotopic (exact) mass is 495 g/mol. The lowest BCUT2D eigenvalue weighted by Crippen LogP contribution is -2.39. The van der Waals surface area contributed by atoms with Gasteiger partial charge in [-0.1, -0.05) is 48.0 Å². The summed E-state index contributed by atoms with van der Waals surface area (Å²) in [5.74, 6) is -0.338. The van der Waals surface area contributed by atoms with Gasteiger partial charge >= 0.3 is 0 Å². The number of carbonyl (C=O) groups is 1. The first-order chi connectivity index (χ1) is 16.6. The number of phenols is 1. The Bertz CT molecular complexity index is 1320. The molecule has 0 saturated heterocycles. The molecule has 9 heteroatoms. The van der Waals surface area contributed by atoms with Crippen LogP contribution in [0, 0.1) is 20.8 Å². The number of methoxy groups -OCH3 is 1. The van der Waals surface area contributed by atoms with Gasteiger partial charge in [0.15, 0.2) is 11.5 Å². The zero-order valence-corrected chi connectivity index (χ0v) is 21.0. The van der Waals surface area contributed by atoms with Crippen LogP contribution in [0.15, 0.2) is 70.7 Å². The van der Waals surface area contributed by atoms with Gasteiger partial charge in [-0.15, -0.1) is 0 Å². The number of hydrogen-bond donors (Lipinski definition) is 2. The second-order valence-corrected chi connectivity index (χ2v) is 10.1. The molecule has 0 aliphatic rings. The Morgan fingerprint density at radius 3 is 2.34 bits per heavy atom. The lowest BCUT2D eigenvalue weighted by molar-refractivity contribution is -0.121. The van der Waals surface area contributed by atoms with Crippen molar-refractivity contribution in [2.75, 3.05) is 13.7 Å². The molecule has 8 nitrogen and oxygen atoms in total. The molecule has 184 valence electrons. The van der Waals surface area contributed by atoms with E-state index in [9.17, 15) is 18.3 Å². The van der Waals surface area contributed by atoms with E-state index >= 15 is 0 Å². The second-order valence-electron chi connectivity index (χ2n) is 8.21. The van der Waals surface area contributed by atoms with Gasteiger partial charge < -0.3 is 9.84 Å². The van der Waals surface area contributed by atoms with E-state index in [-0.39, 0.29) is 22.9 Å². The van der Waals surface area contributed by atoms with Crippen molar-refractivity contribution in [2.24, 2.45) is 5.10 Å². The Hall–Kier alpha value is -3.69. The molecule has 0 aliphatic carbocycles. The molecule has 0 bridgehead atoms. The van der Waals surface area contributed by atoms with Gasteiger partial charge in [0.25, 0.3) is 5.91 Å². The molecular weight excluding hydrogens is 466 g/mol. The summed E-state index contributed by atoms with van der Waals surface area (Å²) < 4.78 is 33.6. The van der Waals surface area contributed by atoms with Crippen LogP contribution in [0.25, 0.3) is 0 Å². The fourth-order valence-electron chi connectivity index (χ4n) is 3.86. The number of aryl methyl sites for hydroxylation is 3. The summed E-state index contributed by atoms with van der Waals surface area (Å²) in [6, 6.07) is 17.3. The second kappa shape index (κ2) is 11.2. The van der Waals surface area contributed by atoms with E-state index < -0.39 is 22.5 Å². The van der Waals surface area contributed by atoms with Crippen LogP contribution >= 0.6 is 0 Å². The minimum atomic E-state index is -3.99. The molecule has 0 radical (unpaired) electrons. The van der Waals surface area contributed by atoms with Crippen LogP contribution in [0.5, 0.6) is 11.5 Å². The molecule has 0 atom stereocenters. The number of rotatable bonds is 9. The zero-order chi connectivity index (χ0) is 25.6. The molecule has 3 aromatic carbocycles. The number of sulfonamides is 1. The molecule has 0 aliphatic heterocycles. The predicted octanol–water partition coefficient (Wildman–Crippen LogP) is 3.67. The van der Waals surface area contributed by atoms with Crippen molar-refractivity contribution < 1.29 is 23.1 Å². The summed E-state index contributed by atoms with van der Waals surface area (Å²) in [5.41, 5.74) is 5.94. The maximum absolute atomic E-state index is 13.7. The Morgan fingerprint density at radius 1 is 1.06 bits per heavy atom. The smallest absolute Gasteiger partial charge is 0.255 e. The van der Waals surface area contributed by atoms with Crippen LogP contribution in [0.1, 0.15) is 27.8 Å². The molecule has 0 saturated carbocycles. The van der Waals surface area contributed by atoms with E-state index in [1.807, 2.05) is 49.4 Å². The fraction of sp³-hybridized carbons (Fsp3) is 0.231. The molecule has 0 spiro atoms. The van der Waals surface area contributed by atoms with Crippen LogP contribution in [0.3, 0.4) is 0 Å². The first-order valence-electron chi connectivity index (χ1n) is 10.9. The van der Waals surface area contributed by atoms with Crippen LogP contribution in [0.4, 0.5) is 0 Å². The van der Waals surface area contributed by atoms with Crippen molar-refractivity contribution in [1.82, 2.24) is 9.73 Å². The number of nitrogens with zero attached hydrogens (tertiary/aromatic N) is 2. The highest BCUT2D eigenvalue weighted by Crippen LogP contribution is 2.27. The molecule has 3 aromatic rings. The minimum Gasteiger partial charge on any atom is -0.504 e. The molecule has 0 unspecified atom stereocenters. The topological polar surface area (TPSA) is 108 Å². The standard InChI is InChI=1S/C26H29N3O5S/c1-18-12-19(2)26(20(3)13-18)35(32,33)29(16-21-8-6-5-7-9-21)17-25(31)28-27-15-22-10-11-23(30)24(14-22)34-4/h5-15,30H,16-17H2,1-4H3,(H,28,31)/b27-15-. The third-order valence-corrected chi connectivity index (χ3v) is 7.43. The SMILES string of the molecule is COc1cc(/C=N\NC(=O)CN(Cc2ccccc2)S(=O)(=O)c2c(C)cc(C)cc2C)ccc1O. The van der Waals surface area contributed by atoms with Crippen molar-refractivity contribution >= 4 is 22.1 Å². The Kier molecular flexibility index (Phi) is 8.26. The highest BCUT2D eigenvalue weighted by molar-refractivity contribution is 7.89. The molecule has 2 N–H and O–H groups in total. The Balaban J connectivity index is 1.84. The van der Waals surface area contributed by atoms with Gasteiger partial charge in [-0.05, 0) is 61.2 Å². The fourth-order valence-corrected chi connectivity index (χ4v) is 5.66. The van der Waals surface area contributed by atoms with E-state index in [0.717, 1.165) is 15.4 Å². The quantitative estimate of drug-likeness (QED) is 0.348. The summed E-state index contributed by atoms with van der Waals surface area (Å²) in [6.45, 7) is 5.03. The average Bonchev–Trinajstić information content (AvgIpc) is 2.79. The first-order valence-corrected chi connectivity index (χ1v) is 12.4. The van der Waals surface area contributed by atoms with Gasteiger partial charge in [0.1, 0.15) is 0 Å². The van der Waals surface area contributed by atoms with E-state index in [1.54, 1.807) is 26.0 Å². The number of ether oxygens (including phenoxy) is 1. The molecule has 0 fully saturated rings. The normalized spacial score (nSPS) is 11.7. The maximum Gasteiger partial charge on any atom is 0.255 e.